The molecule has 0 bridgehead atoms. The molecule has 0 saturated heterocycles. The van der Waals surface area contributed by atoms with Crippen LogP contribution in [0.15, 0.2) is 21.9 Å². The van der Waals surface area contributed by atoms with Crippen LogP contribution >= 0.6 is 0 Å². The van der Waals surface area contributed by atoms with Gasteiger partial charge in [0.05, 0.1) is 12.0 Å². The van der Waals surface area contributed by atoms with E-state index in [1.54, 1.807) is 17.7 Å². The summed E-state index contributed by atoms with van der Waals surface area (Å²) in [5.41, 5.74) is -0.974. The first-order valence-electron chi connectivity index (χ1n) is 10.9. The molecule has 0 spiro atoms. The van der Waals surface area contributed by atoms with Crippen molar-refractivity contribution in [2.75, 3.05) is 6.61 Å². The summed E-state index contributed by atoms with van der Waals surface area (Å²) in [6, 6.07) is 1.44. The number of carbonyl (C=O) groups is 1. The van der Waals surface area contributed by atoms with E-state index in [0.29, 0.717) is 19.7 Å². The summed E-state index contributed by atoms with van der Waals surface area (Å²) in [6.07, 6.45) is 5.92. The fraction of sp³-hybridized carbons (Fsp3) is 0.773. The van der Waals surface area contributed by atoms with Gasteiger partial charge in [-0.1, -0.05) is 39.4 Å². The Morgan fingerprint density at radius 1 is 1.14 bits per heavy atom. The van der Waals surface area contributed by atoms with Crippen LogP contribution in [0.1, 0.15) is 73.6 Å². The maximum Gasteiger partial charge on any atom is 0.330 e. The lowest BCUT2D eigenvalue weighted by atomic mass is 9.60. The minimum atomic E-state index is -0.470. The van der Waals surface area contributed by atoms with Crippen LogP contribution in [-0.2, 0) is 22.6 Å². The van der Waals surface area contributed by atoms with E-state index in [2.05, 4.69) is 35.5 Å². The average Bonchev–Trinajstić information content (AvgIpc) is 2.61. The van der Waals surface area contributed by atoms with Gasteiger partial charge in [0, 0.05) is 25.4 Å². The first-order valence-corrected chi connectivity index (χ1v) is 10.9. The highest BCUT2D eigenvalue weighted by Crippen LogP contribution is 2.42. The molecule has 0 N–H and O–H groups in total. The molecule has 0 saturated carbocycles. The fourth-order valence-electron chi connectivity index (χ4n) is 3.70. The summed E-state index contributed by atoms with van der Waals surface area (Å²) < 4.78 is 8.44. The van der Waals surface area contributed by atoms with Crippen LogP contribution in [-0.4, -0.2) is 29.6 Å². The van der Waals surface area contributed by atoms with Crippen molar-refractivity contribution in [1.29, 1.82) is 0 Å². The smallest absolute Gasteiger partial charge is 0.330 e. The Hall–Kier alpha value is -1.79. The molecule has 0 fully saturated rings. The molecule has 164 valence electrons. The number of nitrogens with zero attached hydrogens (tertiary/aromatic N) is 2. The maximum absolute atomic E-state index is 12.7. The van der Waals surface area contributed by atoms with Crippen LogP contribution < -0.4 is 11.2 Å². The normalized spacial score (nSPS) is 14.0. The fourth-order valence-corrected chi connectivity index (χ4v) is 3.70. The summed E-state index contributed by atoms with van der Waals surface area (Å²) in [6.45, 7) is 13.7. The number of aromatic nitrogens is 2. The van der Waals surface area contributed by atoms with Crippen LogP contribution in [0, 0.1) is 11.3 Å². The van der Waals surface area contributed by atoms with Crippen LogP contribution in [0.3, 0.4) is 0 Å². The van der Waals surface area contributed by atoms with E-state index < -0.39 is 5.41 Å². The molecule has 1 aromatic heterocycles. The van der Waals surface area contributed by atoms with Gasteiger partial charge in [-0.2, -0.15) is 0 Å². The lowest BCUT2D eigenvalue weighted by molar-refractivity contribution is -0.159. The van der Waals surface area contributed by atoms with Gasteiger partial charge in [0.1, 0.15) is 7.85 Å². The quantitative estimate of drug-likeness (QED) is 0.304. The molecule has 0 aliphatic heterocycles. The van der Waals surface area contributed by atoms with E-state index in [4.69, 9.17) is 4.74 Å². The largest absolute Gasteiger partial charge is 0.465 e. The zero-order chi connectivity index (χ0) is 22.2. The third-order valence-corrected chi connectivity index (χ3v) is 5.62. The monoisotopic (exact) mass is 406 g/mol. The Kier molecular flexibility index (Phi) is 9.44. The average molecular weight is 406 g/mol. The summed E-state index contributed by atoms with van der Waals surface area (Å²) >= 11 is 0. The molecule has 0 radical (unpaired) electrons. The number of hydrogen-bond acceptors (Lipinski definition) is 4. The highest BCUT2D eigenvalue weighted by molar-refractivity contribution is 6.14. The number of unbranched alkanes of at least 4 members (excludes halogenated alkanes) is 3. The van der Waals surface area contributed by atoms with E-state index in [9.17, 15) is 14.4 Å². The van der Waals surface area contributed by atoms with Crippen LogP contribution in [0.25, 0.3) is 0 Å². The van der Waals surface area contributed by atoms with Gasteiger partial charge in [-0.25, -0.2) is 4.79 Å². The van der Waals surface area contributed by atoms with Gasteiger partial charge >= 0.3 is 11.7 Å². The summed E-state index contributed by atoms with van der Waals surface area (Å²) in [4.78, 5) is 36.5. The molecule has 0 aromatic carbocycles. The number of carbonyl (C=O) groups excluding carboxylic acids is 1. The summed E-state index contributed by atoms with van der Waals surface area (Å²) in [5, 5.41) is 0.0658. The Balaban J connectivity index is 2.40. The SMILES string of the molecule is BC(C)(C)CC(C)(C(=O)OCCCCCCn1ccc(=O)n(CC)c1=O)C(C)C. The zero-order valence-corrected chi connectivity index (χ0v) is 19.4. The van der Waals surface area contributed by atoms with Gasteiger partial charge in [0.15, 0.2) is 0 Å². The number of aryl methyl sites for hydroxylation is 1. The maximum atomic E-state index is 12.7. The molecule has 1 rings (SSSR count). The summed E-state index contributed by atoms with van der Waals surface area (Å²) in [7, 11) is 2.15. The Labute approximate surface area is 176 Å². The lowest BCUT2D eigenvalue weighted by Gasteiger charge is -2.37. The van der Waals surface area contributed by atoms with Crippen molar-refractivity contribution in [2.45, 2.75) is 92.1 Å². The zero-order valence-electron chi connectivity index (χ0n) is 19.4. The predicted molar refractivity (Wildman–Crippen MR) is 120 cm³/mol. The van der Waals surface area contributed by atoms with Crippen LogP contribution in [0.2, 0.25) is 5.31 Å². The highest BCUT2D eigenvalue weighted by atomic mass is 16.5. The van der Waals surface area contributed by atoms with Gasteiger partial charge in [-0.15, -0.1) is 0 Å². The van der Waals surface area contributed by atoms with Gasteiger partial charge in [-0.05, 0) is 45.4 Å². The third kappa shape index (κ3) is 7.52. The molecule has 6 nitrogen and oxygen atoms in total. The topological polar surface area (TPSA) is 70.3 Å². The first-order chi connectivity index (χ1) is 13.4. The van der Waals surface area contributed by atoms with Crippen molar-refractivity contribution in [3.05, 3.63) is 33.1 Å². The van der Waals surface area contributed by atoms with Gasteiger partial charge in [0.2, 0.25) is 0 Å². The molecular formula is C22H39BN2O4. The Bertz CT molecular complexity index is 776. The molecular weight excluding hydrogens is 367 g/mol. The van der Waals surface area contributed by atoms with E-state index in [1.807, 2.05) is 6.92 Å². The van der Waals surface area contributed by atoms with Crippen molar-refractivity contribution < 1.29 is 9.53 Å². The Morgan fingerprint density at radius 3 is 2.31 bits per heavy atom. The van der Waals surface area contributed by atoms with Gasteiger partial charge < -0.3 is 9.30 Å². The van der Waals surface area contributed by atoms with E-state index in [0.717, 1.165) is 32.1 Å². The van der Waals surface area contributed by atoms with Gasteiger partial charge in [0.25, 0.3) is 5.56 Å². The predicted octanol–water partition coefficient (Wildman–Crippen LogP) is 3.02. The van der Waals surface area contributed by atoms with Gasteiger partial charge in [-0.3, -0.25) is 14.2 Å². The molecule has 1 unspecified atom stereocenters. The van der Waals surface area contributed by atoms with Crippen molar-refractivity contribution >= 4 is 13.8 Å². The molecule has 7 heteroatoms. The molecule has 29 heavy (non-hydrogen) atoms. The van der Waals surface area contributed by atoms with Crippen LogP contribution in [0.4, 0.5) is 0 Å². The molecule has 1 heterocycles. The van der Waals surface area contributed by atoms with Crippen molar-refractivity contribution in [2.24, 2.45) is 11.3 Å². The minimum absolute atomic E-state index is 0.0658. The third-order valence-electron chi connectivity index (χ3n) is 5.62. The second kappa shape index (κ2) is 10.8. The second-order valence-electron chi connectivity index (χ2n) is 9.73. The standard InChI is InChI=1S/C22H39BN2O4/c1-7-25-18(26)12-14-24(20(25)28)13-10-8-9-11-15-29-19(27)22(6,17(2)3)16-21(4,5)23/h12,14,17H,7-11,13,15-16,23H2,1-6H3. The number of esters is 1. The Morgan fingerprint density at radius 2 is 1.76 bits per heavy atom. The number of ether oxygens (including phenoxy) is 1. The number of hydrogen-bond donors (Lipinski definition) is 0. The minimum Gasteiger partial charge on any atom is -0.465 e. The second-order valence-corrected chi connectivity index (χ2v) is 9.73. The van der Waals surface area contributed by atoms with Crippen molar-refractivity contribution in [3.8, 4) is 0 Å². The van der Waals surface area contributed by atoms with Crippen molar-refractivity contribution in [1.82, 2.24) is 9.13 Å². The van der Waals surface area contributed by atoms with Crippen LogP contribution in [0.5, 0.6) is 0 Å². The molecule has 0 amide bonds. The molecule has 1 aromatic rings. The molecule has 0 aliphatic carbocycles. The highest BCUT2D eigenvalue weighted by Gasteiger charge is 2.41. The van der Waals surface area contributed by atoms with E-state index in [-0.39, 0.29) is 28.5 Å². The number of rotatable bonds is 12. The van der Waals surface area contributed by atoms with Crippen molar-refractivity contribution in [3.63, 3.8) is 0 Å². The molecule has 1 atom stereocenters. The molecule has 0 aliphatic rings. The summed E-state index contributed by atoms with van der Waals surface area (Å²) in [5.74, 6) is 0.120. The van der Waals surface area contributed by atoms with E-state index >= 15 is 0 Å². The van der Waals surface area contributed by atoms with E-state index in [1.165, 1.54) is 10.6 Å². The first kappa shape index (κ1) is 25.3. The lowest BCUT2D eigenvalue weighted by Crippen LogP contribution is -2.38.